The lowest BCUT2D eigenvalue weighted by atomic mass is 10.2. The number of carbonyl (C=O) groups excluding carboxylic acids is 3. The van der Waals surface area contributed by atoms with Crippen LogP contribution in [0.15, 0.2) is 58.4 Å². The Morgan fingerprint density at radius 2 is 2.06 bits per heavy atom. The van der Waals surface area contributed by atoms with Crippen LogP contribution in [0.4, 0.5) is 14.9 Å². The molecule has 166 valence electrons. The molecule has 3 amide bonds. The predicted molar refractivity (Wildman–Crippen MR) is 124 cm³/mol. The van der Waals surface area contributed by atoms with Crippen LogP contribution in [0.5, 0.6) is 11.5 Å². The highest BCUT2D eigenvalue weighted by Gasteiger charge is 2.36. The Morgan fingerprint density at radius 3 is 2.75 bits per heavy atom. The van der Waals surface area contributed by atoms with E-state index in [1.807, 2.05) is 0 Å². The van der Waals surface area contributed by atoms with Gasteiger partial charge in [-0.15, -0.1) is 0 Å². The smallest absolute Gasteiger partial charge is 0.294 e. The van der Waals surface area contributed by atoms with E-state index in [9.17, 15) is 18.8 Å². The van der Waals surface area contributed by atoms with Crippen molar-refractivity contribution in [2.45, 2.75) is 0 Å². The van der Waals surface area contributed by atoms with E-state index in [2.05, 4.69) is 27.8 Å². The summed E-state index contributed by atoms with van der Waals surface area (Å²) in [5, 5.41) is 1.88. The third kappa shape index (κ3) is 5.57. The number of nitrogens with one attached hydrogen (secondary N) is 1. The molecule has 1 aliphatic rings. The van der Waals surface area contributed by atoms with Gasteiger partial charge < -0.3 is 14.8 Å². The second kappa shape index (κ2) is 10.5. The monoisotopic (exact) mass is 520 g/mol. The van der Waals surface area contributed by atoms with Crippen molar-refractivity contribution in [3.8, 4) is 11.5 Å². The van der Waals surface area contributed by atoms with E-state index in [1.54, 1.807) is 18.2 Å². The molecule has 10 heteroatoms. The standard InChI is InChI=1S/C22H18BrFN2O5S/c1-3-7-31-18-11-16(23)13(8-17(18)30-2)9-19-21(28)26(22(29)32-19)12-20(27)25-15-6-4-5-14(24)10-15/h3-6,8-11H,1,7,12H2,2H3,(H,25,27)/b19-9+. The lowest BCUT2D eigenvalue weighted by molar-refractivity contribution is -0.127. The number of rotatable bonds is 8. The first kappa shape index (κ1) is 23.6. The van der Waals surface area contributed by atoms with Crippen molar-refractivity contribution in [2.75, 3.05) is 25.6 Å². The second-order valence-electron chi connectivity index (χ2n) is 6.45. The van der Waals surface area contributed by atoms with Crippen molar-refractivity contribution >= 4 is 56.5 Å². The number of halogens is 2. The molecule has 0 radical (unpaired) electrons. The van der Waals surface area contributed by atoms with Crippen LogP contribution in [0.25, 0.3) is 6.08 Å². The fourth-order valence-corrected chi connectivity index (χ4v) is 4.04. The zero-order chi connectivity index (χ0) is 23.3. The van der Waals surface area contributed by atoms with Crippen molar-refractivity contribution in [1.82, 2.24) is 4.90 Å². The average Bonchev–Trinajstić information content (AvgIpc) is 3.01. The summed E-state index contributed by atoms with van der Waals surface area (Å²) in [5.41, 5.74) is 0.815. The second-order valence-corrected chi connectivity index (χ2v) is 8.30. The van der Waals surface area contributed by atoms with Gasteiger partial charge in [0.05, 0.1) is 12.0 Å². The number of hydrogen-bond donors (Lipinski definition) is 1. The fraction of sp³-hybridized carbons (Fsp3) is 0.136. The van der Waals surface area contributed by atoms with Crippen molar-refractivity contribution < 1.29 is 28.2 Å². The van der Waals surface area contributed by atoms with Gasteiger partial charge in [0.25, 0.3) is 11.1 Å². The molecular formula is C22H18BrFN2O5S. The Hall–Kier alpha value is -3.11. The summed E-state index contributed by atoms with van der Waals surface area (Å²) >= 11 is 4.14. The van der Waals surface area contributed by atoms with Gasteiger partial charge in [0.2, 0.25) is 5.91 Å². The van der Waals surface area contributed by atoms with E-state index in [0.29, 0.717) is 28.1 Å². The minimum atomic E-state index is -0.620. The summed E-state index contributed by atoms with van der Waals surface area (Å²) in [5.74, 6) is -0.815. The molecule has 0 bridgehead atoms. The van der Waals surface area contributed by atoms with Gasteiger partial charge in [0.1, 0.15) is 19.0 Å². The molecule has 0 spiro atoms. The van der Waals surface area contributed by atoms with Crippen LogP contribution in [-0.4, -0.2) is 42.2 Å². The molecule has 2 aromatic carbocycles. The van der Waals surface area contributed by atoms with Gasteiger partial charge in [-0.05, 0) is 53.7 Å². The van der Waals surface area contributed by atoms with E-state index in [4.69, 9.17) is 9.47 Å². The first-order valence-electron chi connectivity index (χ1n) is 9.24. The van der Waals surface area contributed by atoms with Crippen molar-refractivity contribution in [3.05, 3.63) is 69.8 Å². The van der Waals surface area contributed by atoms with Gasteiger partial charge >= 0.3 is 0 Å². The number of hydrogen-bond acceptors (Lipinski definition) is 6. The number of carbonyl (C=O) groups is 3. The zero-order valence-corrected chi connectivity index (χ0v) is 19.3. The van der Waals surface area contributed by atoms with Crippen LogP contribution in [0.2, 0.25) is 0 Å². The van der Waals surface area contributed by atoms with Crippen LogP contribution in [0.1, 0.15) is 5.56 Å². The summed E-state index contributed by atoms with van der Waals surface area (Å²) < 4.78 is 24.8. The van der Waals surface area contributed by atoms with Gasteiger partial charge in [-0.1, -0.05) is 34.7 Å². The number of nitrogens with zero attached hydrogens (tertiary/aromatic N) is 1. The number of anilines is 1. The molecule has 7 nitrogen and oxygen atoms in total. The molecule has 0 aromatic heterocycles. The third-order valence-electron chi connectivity index (χ3n) is 4.21. The Morgan fingerprint density at radius 1 is 1.28 bits per heavy atom. The molecule has 1 saturated heterocycles. The highest BCUT2D eigenvalue weighted by atomic mass is 79.9. The molecule has 1 aliphatic heterocycles. The molecule has 1 fully saturated rings. The van der Waals surface area contributed by atoms with Gasteiger partial charge in [-0.2, -0.15) is 0 Å². The molecule has 0 aliphatic carbocycles. The Kier molecular flexibility index (Phi) is 7.70. The molecule has 1 heterocycles. The van der Waals surface area contributed by atoms with E-state index >= 15 is 0 Å². The number of benzene rings is 2. The highest BCUT2D eigenvalue weighted by molar-refractivity contribution is 9.10. The molecular weight excluding hydrogens is 503 g/mol. The minimum absolute atomic E-state index is 0.149. The third-order valence-corrected chi connectivity index (χ3v) is 5.80. The number of amides is 3. The first-order valence-corrected chi connectivity index (χ1v) is 10.9. The number of ether oxygens (including phenoxy) is 2. The van der Waals surface area contributed by atoms with Gasteiger partial charge in [-0.3, -0.25) is 19.3 Å². The van der Waals surface area contributed by atoms with Gasteiger partial charge in [0.15, 0.2) is 11.5 Å². The highest BCUT2D eigenvalue weighted by Crippen LogP contribution is 2.38. The van der Waals surface area contributed by atoms with E-state index in [1.165, 1.54) is 31.4 Å². The zero-order valence-electron chi connectivity index (χ0n) is 16.9. The van der Waals surface area contributed by atoms with Gasteiger partial charge in [0, 0.05) is 10.2 Å². The summed E-state index contributed by atoms with van der Waals surface area (Å²) in [6.45, 7) is 3.40. The summed E-state index contributed by atoms with van der Waals surface area (Å²) in [7, 11) is 1.48. The number of methoxy groups -OCH3 is 1. The Balaban J connectivity index is 1.76. The van der Waals surface area contributed by atoms with E-state index in [0.717, 1.165) is 22.7 Å². The van der Waals surface area contributed by atoms with Crippen LogP contribution in [-0.2, 0) is 9.59 Å². The SMILES string of the molecule is C=CCOc1cc(Br)c(/C=C2/SC(=O)N(CC(=O)Nc3cccc(F)c3)C2=O)cc1OC. The number of thioether (sulfide) groups is 1. The largest absolute Gasteiger partial charge is 0.493 e. The molecule has 0 unspecified atom stereocenters. The van der Waals surface area contributed by atoms with Crippen LogP contribution >= 0.6 is 27.7 Å². The Bertz CT molecular complexity index is 1120. The molecule has 32 heavy (non-hydrogen) atoms. The topological polar surface area (TPSA) is 84.9 Å². The molecule has 0 saturated carbocycles. The van der Waals surface area contributed by atoms with Crippen LogP contribution < -0.4 is 14.8 Å². The normalized spacial score (nSPS) is 14.6. The minimum Gasteiger partial charge on any atom is -0.493 e. The lowest BCUT2D eigenvalue weighted by Gasteiger charge is -2.13. The quantitative estimate of drug-likeness (QED) is 0.396. The molecule has 1 N–H and O–H groups in total. The van der Waals surface area contributed by atoms with Crippen LogP contribution in [0.3, 0.4) is 0 Å². The van der Waals surface area contributed by atoms with Crippen molar-refractivity contribution in [3.63, 3.8) is 0 Å². The Labute approximate surface area is 196 Å². The summed E-state index contributed by atoms with van der Waals surface area (Å²) in [4.78, 5) is 38.3. The number of imide groups is 1. The first-order chi connectivity index (χ1) is 15.3. The molecule has 0 atom stereocenters. The van der Waals surface area contributed by atoms with Crippen molar-refractivity contribution in [1.29, 1.82) is 0 Å². The van der Waals surface area contributed by atoms with Crippen molar-refractivity contribution in [2.24, 2.45) is 0 Å². The van der Waals surface area contributed by atoms with Crippen LogP contribution in [0, 0.1) is 5.82 Å². The molecule has 2 aromatic rings. The predicted octanol–water partition coefficient (Wildman–Crippen LogP) is 4.84. The van der Waals surface area contributed by atoms with Gasteiger partial charge in [-0.25, -0.2) is 4.39 Å². The maximum absolute atomic E-state index is 13.3. The van der Waals surface area contributed by atoms with E-state index in [-0.39, 0.29) is 10.6 Å². The lowest BCUT2D eigenvalue weighted by Crippen LogP contribution is -2.36. The average molecular weight is 521 g/mol. The fourth-order valence-electron chi connectivity index (χ4n) is 2.77. The van der Waals surface area contributed by atoms with E-state index < -0.39 is 29.4 Å². The summed E-state index contributed by atoms with van der Waals surface area (Å²) in [6, 6.07) is 8.66. The maximum atomic E-state index is 13.3. The maximum Gasteiger partial charge on any atom is 0.294 e. The summed E-state index contributed by atoms with van der Waals surface area (Å²) in [6.07, 6.45) is 3.13. The molecule has 3 rings (SSSR count).